The second-order valence-electron chi connectivity index (χ2n) is 6.94. The molecule has 3 rings (SSSR count). The van der Waals surface area contributed by atoms with E-state index < -0.39 is 11.7 Å². The number of pyridine rings is 1. The molecule has 1 aliphatic rings. The van der Waals surface area contributed by atoms with Gasteiger partial charge in [-0.05, 0) is 49.3 Å². The number of aryl methyl sites for hydroxylation is 1. The maximum Gasteiger partial charge on any atom is 0.416 e. The maximum atomic E-state index is 12.8. The highest BCUT2D eigenvalue weighted by Gasteiger charge is 2.30. The largest absolute Gasteiger partial charge is 0.416 e. The molecule has 1 amide bonds. The average molecular weight is 378 g/mol. The predicted octanol–water partition coefficient (Wildman–Crippen LogP) is 3.88. The number of likely N-dealkylation sites (tertiary alicyclic amines) is 1. The van der Waals surface area contributed by atoms with Gasteiger partial charge >= 0.3 is 6.18 Å². The fraction of sp³-hybridized carbons (Fsp3) is 0.400. The van der Waals surface area contributed by atoms with Crippen molar-refractivity contribution in [1.82, 2.24) is 9.88 Å². The number of aromatic nitrogens is 1. The minimum atomic E-state index is -4.33. The fourth-order valence-electron chi connectivity index (χ4n) is 3.49. The molecular formula is C20H21F3N2O2. The molecule has 4 nitrogen and oxygen atoms in total. The molecule has 27 heavy (non-hydrogen) atoms. The van der Waals surface area contributed by atoms with Gasteiger partial charge in [-0.15, -0.1) is 0 Å². The number of aromatic amines is 1. The highest BCUT2D eigenvalue weighted by Crippen LogP contribution is 2.30. The van der Waals surface area contributed by atoms with Gasteiger partial charge in [0.1, 0.15) is 0 Å². The first-order valence-electron chi connectivity index (χ1n) is 8.97. The zero-order valence-corrected chi connectivity index (χ0v) is 14.8. The summed E-state index contributed by atoms with van der Waals surface area (Å²) < 4.78 is 38.5. The van der Waals surface area contributed by atoms with E-state index in [0.717, 1.165) is 25.3 Å². The van der Waals surface area contributed by atoms with Crippen LogP contribution in [0.2, 0.25) is 0 Å². The molecule has 2 aromatic rings. The van der Waals surface area contributed by atoms with Crippen molar-refractivity contribution in [1.29, 1.82) is 0 Å². The Morgan fingerprint density at radius 3 is 2.74 bits per heavy atom. The SMILES string of the molecule is O=C(c1ccc(=O)[nH]c1)N1CCC[C@H](CCc2cccc(C(F)(F)F)c2)C1. The quantitative estimate of drug-likeness (QED) is 0.878. The monoisotopic (exact) mass is 378 g/mol. The van der Waals surface area contributed by atoms with Crippen LogP contribution in [0.3, 0.4) is 0 Å². The number of nitrogens with one attached hydrogen (secondary N) is 1. The van der Waals surface area contributed by atoms with E-state index >= 15 is 0 Å². The van der Waals surface area contributed by atoms with Crippen molar-refractivity contribution in [2.45, 2.75) is 31.9 Å². The van der Waals surface area contributed by atoms with Gasteiger partial charge in [0.15, 0.2) is 0 Å². The lowest BCUT2D eigenvalue weighted by molar-refractivity contribution is -0.137. The Morgan fingerprint density at radius 1 is 1.22 bits per heavy atom. The standard InChI is InChI=1S/C20H21F3N2O2/c21-20(22,23)17-5-1-3-14(11-17)6-7-15-4-2-10-25(13-15)19(27)16-8-9-18(26)24-12-16/h1,3,5,8-9,11-12,15H,2,4,6-7,10,13H2,(H,24,26)/t15-/m1/s1. The lowest BCUT2D eigenvalue weighted by atomic mass is 9.91. The van der Waals surface area contributed by atoms with Crippen molar-refractivity contribution in [3.8, 4) is 0 Å². The van der Waals surface area contributed by atoms with Crippen LogP contribution in [0.25, 0.3) is 0 Å². The van der Waals surface area contributed by atoms with Crippen LogP contribution >= 0.6 is 0 Å². The van der Waals surface area contributed by atoms with Crippen molar-refractivity contribution in [3.63, 3.8) is 0 Å². The summed E-state index contributed by atoms with van der Waals surface area (Å²) in [6.45, 7) is 1.23. The van der Waals surface area contributed by atoms with Gasteiger partial charge in [0, 0.05) is 25.4 Å². The van der Waals surface area contributed by atoms with Gasteiger partial charge < -0.3 is 9.88 Å². The Kier molecular flexibility index (Phi) is 5.68. The first-order valence-corrected chi connectivity index (χ1v) is 8.97. The number of benzene rings is 1. The normalized spacial score (nSPS) is 17.7. The Labute approximate surface area is 155 Å². The molecule has 1 N–H and O–H groups in total. The van der Waals surface area contributed by atoms with Crippen LogP contribution in [0.4, 0.5) is 13.2 Å². The first-order chi connectivity index (χ1) is 12.8. The molecule has 1 atom stereocenters. The smallest absolute Gasteiger partial charge is 0.338 e. The summed E-state index contributed by atoms with van der Waals surface area (Å²) in [4.78, 5) is 28.0. The molecule has 1 aliphatic heterocycles. The third kappa shape index (κ3) is 4.99. The molecule has 1 aromatic carbocycles. The summed E-state index contributed by atoms with van der Waals surface area (Å²) >= 11 is 0. The minimum absolute atomic E-state index is 0.130. The topological polar surface area (TPSA) is 53.2 Å². The Morgan fingerprint density at radius 2 is 2.04 bits per heavy atom. The van der Waals surface area contributed by atoms with Gasteiger partial charge in [-0.25, -0.2) is 0 Å². The maximum absolute atomic E-state index is 12.8. The Bertz CT molecular complexity index is 840. The van der Waals surface area contributed by atoms with Gasteiger partial charge in [-0.3, -0.25) is 9.59 Å². The number of carbonyl (C=O) groups excluding carboxylic acids is 1. The fourth-order valence-corrected chi connectivity index (χ4v) is 3.49. The van der Waals surface area contributed by atoms with Gasteiger partial charge in [-0.2, -0.15) is 13.2 Å². The van der Waals surface area contributed by atoms with Crippen molar-refractivity contribution >= 4 is 5.91 Å². The van der Waals surface area contributed by atoms with Crippen LogP contribution in [0, 0.1) is 5.92 Å². The molecule has 1 aromatic heterocycles. The average Bonchev–Trinajstić information content (AvgIpc) is 2.66. The Hall–Kier alpha value is -2.57. The van der Waals surface area contributed by atoms with Gasteiger partial charge in [0.25, 0.3) is 5.91 Å². The van der Waals surface area contributed by atoms with E-state index in [9.17, 15) is 22.8 Å². The van der Waals surface area contributed by atoms with Crippen molar-refractivity contribution in [2.75, 3.05) is 13.1 Å². The minimum Gasteiger partial charge on any atom is -0.338 e. The molecule has 2 heterocycles. The summed E-state index contributed by atoms with van der Waals surface area (Å²) in [5.74, 6) is 0.120. The molecule has 144 valence electrons. The number of H-pyrrole nitrogens is 1. The second-order valence-corrected chi connectivity index (χ2v) is 6.94. The second kappa shape index (κ2) is 7.98. The number of carbonyl (C=O) groups is 1. The zero-order valence-electron chi connectivity index (χ0n) is 14.8. The number of piperidine rings is 1. The van der Waals surface area contributed by atoms with Crippen LogP contribution in [-0.2, 0) is 12.6 Å². The number of halogens is 3. The highest BCUT2D eigenvalue weighted by molar-refractivity contribution is 5.93. The summed E-state index contributed by atoms with van der Waals surface area (Å²) in [5, 5.41) is 0. The van der Waals surface area contributed by atoms with E-state index in [1.165, 1.54) is 30.5 Å². The molecule has 1 fully saturated rings. The van der Waals surface area contributed by atoms with Gasteiger partial charge in [-0.1, -0.05) is 18.2 Å². The van der Waals surface area contributed by atoms with Crippen LogP contribution in [0.5, 0.6) is 0 Å². The van der Waals surface area contributed by atoms with Crippen LogP contribution < -0.4 is 5.56 Å². The van der Waals surface area contributed by atoms with Gasteiger partial charge in [0.05, 0.1) is 11.1 Å². The molecular weight excluding hydrogens is 357 g/mol. The van der Waals surface area contributed by atoms with E-state index in [1.807, 2.05) is 0 Å². The van der Waals surface area contributed by atoms with Crippen LogP contribution in [0.1, 0.15) is 40.7 Å². The summed E-state index contributed by atoms with van der Waals surface area (Å²) in [5.41, 5.74) is 0.213. The zero-order chi connectivity index (χ0) is 19.4. The van der Waals surface area contributed by atoms with Crippen molar-refractivity contribution < 1.29 is 18.0 Å². The van der Waals surface area contributed by atoms with E-state index in [1.54, 1.807) is 11.0 Å². The summed E-state index contributed by atoms with van der Waals surface area (Å²) in [6.07, 6.45) is 0.181. The molecule has 0 saturated carbocycles. The number of nitrogens with zero attached hydrogens (tertiary/aromatic N) is 1. The van der Waals surface area contributed by atoms with Crippen molar-refractivity contribution in [2.24, 2.45) is 5.92 Å². The number of amides is 1. The summed E-state index contributed by atoms with van der Waals surface area (Å²) in [7, 11) is 0. The number of alkyl halides is 3. The van der Waals surface area contributed by atoms with Crippen LogP contribution in [0.15, 0.2) is 47.4 Å². The van der Waals surface area contributed by atoms with E-state index in [4.69, 9.17) is 0 Å². The number of hydrogen-bond donors (Lipinski definition) is 1. The lowest BCUT2D eigenvalue weighted by Gasteiger charge is -2.33. The molecule has 0 aliphatic carbocycles. The van der Waals surface area contributed by atoms with E-state index in [2.05, 4.69) is 4.98 Å². The molecule has 0 unspecified atom stereocenters. The molecule has 7 heteroatoms. The predicted molar refractivity (Wildman–Crippen MR) is 95.5 cm³/mol. The third-order valence-electron chi connectivity index (χ3n) is 4.93. The van der Waals surface area contributed by atoms with E-state index in [-0.39, 0.29) is 17.4 Å². The number of hydrogen-bond acceptors (Lipinski definition) is 2. The van der Waals surface area contributed by atoms with E-state index in [0.29, 0.717) is 30.6 Å². The van der Waals surface area contributed by atoms with Crippen LogP contribution in [-0.4, -0.2) is 28.9 Å². The molecule has 0 spiro atoms. The number of rotatable bonds is 4. The molecule has 1 saturated heterocycles. The molecule has 0 radical (unpaired) electrons. The first kappa shape index (κ1) is 19.2. The lowest BCUT2D eigenvalue weighted by Crippen LogP contribution is -2.40. The molecule has 0 bridgehead atoms. The summed E-state index contributed by atoms with van der Waals surface area (Å²) in [6, 6.07) is 8.25. The Balaban J connectivity index is 1.59. The van der Waals surface area contributed by atoms with Crippen molar-refractivity contribution in [3.05, 3.63) is 69.6 Å². The third-order valence-corrected chi connectivity index (χ3v) is 4.93. The van der Waals surface area contributed by atoms with Gasteiger partial charge in [0.2, 0.25) is 5.56 Å². The highest BCUT2D eigenvalue weighted by atomic mass is 19.4.